The predicted octanol–water partition coefficient (Wildman–Crippen LogP) is 5.01. The number of benzene rings is 1. The highest BCUT2D eigenvalue weighted by Gasteiger charge is 1.98. The highest BCUT2D eigenvalue weighted by Crippen LogP contribution is 2.12. The van der Waals surface area contributed by atoms with Crippen molar-refractivity contribution in [1.82, 2.24) is 0 Å². The Labute approximate surface area is 95.7 Å². The molecule has 0 saturated carbocycles. The molecule has 0 heterocycles. The maximum Gasteiger partial charge on any atom is -0.0276 e. The van der Waals surface area contributed by atoms with Gasteiger partial charge >= 0.3 is 0 Å². The molecule has 15 heavy (non-hydrogen) atoms. The zero-order valence-corrected chi connectivity index (χ0v) is 10.8. The molecule has 0 fully saturated rings. The van der Waals surface area contributed by atoms with E-state index in [9.17, 15) is 0 Å². The van der Waals surface area contributed by atoms with E-state index < -0.39 is 0 Å². The second kappa shape index (κ2) is 9.76. The molecule has 0 spiro atoms. The van der Waals surface area contributed by atoms with Gasteiger partial charge in [-0.05, 0) is 30.4 Å². The lowest BCUT2D eigenvalue weighted by atomic mass is 10.00. The van der Waals surface area contributed by atoms with E-state index >= 15 is 0 Å². The van der Waals surface area contributed by atoms with Crippen LogP contribution in [0.5, 0.6) is 0 Å². The normalized spacial score (nSPS) is 9.33. The van der Waals surface area contributed by atoms with E-state index in [4.69, 9.17) is 0 Å². The molecule has 0 aliphatic rings. The van der Waals surface area contributed by atoms with Crippen molar-refractivity contribution in [3.8, 4) is 0 Å². The zero-order chi connectivity index (χ0) is 11.5. The number of hydrogen-bond acceptors (Lipinski definition) is 0. The van der Waals surface area contributed by atoms with Gasteiger partial charge in [0.15, 0.2) is 0 Å². The van der Waals surface area contributed by atoms with E-state index in [0.717, 1.165) is 0 Å². The molecule has 0 heteroatoms. The molecule has 0 amide bonds. The standard InChI is InChI=1S/C13H20.C2H6/c1-3-5-6-10-13-11-8-7-9-12(13)4-2;1-2/h7-9,11H,3-6,10H2,1-2H3;1-2H3. The molecule has 0 atom stereocenters. The van der Waals surface area contributed by atoms with Gasteiger partial charge in [-0.25, -0.2) is 0 Å². The number of rotatable bonds is 5. The number of hydrogen-bond donors (Lipinski definition) is 0. The Morgan fingerprint density at radius 1 is 0.867 bits per heavy atom. The molecule has 0 nitrogen and oxygen atoms in total. The van der Waals surface area contributed by atoms with Crippen molar-refractivity contribution in [2.45, 2.75) is 59.8 Å². The molecule has 0 unspecified atom stereocenters. The van der Waals surface area contributed by atoms with Crippen LogP contribution in [0.3, 0.4) is 0 Å². The average Bonchev–Trinajstić information content (AvgIpc) is 2.33. The number of aryl methyl sites for hydroxylation is 2. The first-order chi connectivity index (χ1) is 7.38. The minimum absolute atomic E-state index is 1.17. The fourth-order valence-corrected chi connectivity index (χ4v) is 1.71. The molecule has 0 aliphatic heterocycles. The van der Waals surface area contributed by atoms with Crippen molar-refractivity contribution in [3.05, 3.63) is 35.4 Å². The lowest BCUT2D eigenvalue weighted by Crippen LogP contribution is -1.92. The molecule has 1 aromatic carbocycles. The van der Waals surface area contributed by atoms with Crippen LogP contribution >= 0.6 is 0 Å². The van der Waals surface area contributed by atoms with Crippen molar-refractivity contribution in [3.63, 3.8) is 0 Å². The monoisotopic (exact) mass is 206 g/mol. The van der Waals surface area contributed by atoms with Crippen molar-refractivity contribution in [2.24, 2.45) is 0 Å². The van der Waals surface area contributed by atoms with Crippen LogP contribution in [-0.2, 0) is 12.8 Å². The third-order valence-electron chi connectivity index (χ3n) is 2.55. The van der Waals surface area contributed by atoms with Crippen LogP contribution in [0.25, 0.3) is 0 Å². The van der Waals surface area contributed by atoms with Crippen molar-refractivity contribution < 1.29 is 0 Å². The lowest BCUT2D eigenvalue weighted by molar-refractivity contribution is 0.713. The van der Waals surface area contributed by atoms with E-state index in [-0.39, 0.29) is 0 Å². The van der Waals surface area contributed by atoms with Gasteiger partial charge in [0.2, 0.25) is 0 Å². The second-order valence-corrected chi connectivity index (χ2v) is 3.58. The Bertz CT molecular complexity index is 238. The van der Waals surface area contributed by atoms with Gasteiger partial charge in [-0.1, -0.05) is 64.8 Å². The van der Waals surface area contributed by atoms with Crippen molar-refractivity contribution in [1.29, 1.82) is 0 Å². The van der Waals surface area contributed by atoms with E-state index in [2.05, 4.69) is 38.1 Å². The summed E-state index contributed by atoms with van der Waals surface area (Å²) in [6.07, 6.45) is 6.44. The minimum Gasteiger partial charge on any atom is -0.0683 e. The largest absolute Gasteiger partial charge is 0.0683 e. The van der Waals surface area contributed by atoms with Crippen LogP contribution < -0.4 is 0 Å². The van der Waals surface area contributed by atoms with Crippen molar-refractivity contribution in [2.75, 3.05) is 0 Å². The van der Waals surface area contributed by atoms with Crippen molar-refractivity contribution >= 4 is 0 Å². The summed E-state index contributed by atoms with van der Waals surface area (Å²) in [5, 5.41) is 0. The molecule has 0 radical (unpaired) electrons. The quantitative estimate of drug-likeness (QED) is 0.594. The van der Waals surface area contributed by atoms with Crippen LogP contribution in [0.1, 0.15) is 58.1 Å². The summed E-state index contributed by atoms with van der Waals surface area (Å²) >= 11 is 0. The first kappa shape index (κ1) is 14.2. The first-order valence-corrected chi connectivity index (χ1v) is 6.45. The third-order valence-corrected chi connectivity index (χ3v) is 2.55. The van der Waals surface area contributed by atoms with E-state index in [1.807, 2.05) is 13.8 Å². The summed E-state index contributed by atoms with van der Waals surface area (Å²) in [5.41, 5.74) is 3.08. The number of unbranched alkanes of at least 4 members (excludes halogenated alkanes) is 2. The van der Waals surface area contributed by atoms with Crippen LogP contribution in [-0.4, -0.2) is 0 Å². The topological polar surface area (TPSA) is 0 Å². The Balaban J connectivity index is 0.000000921. The summed E-state index contributed by atoms with van der Waals surface area (Å²) in [7, 11) is 0. The summed E-state index contributed by atoms with van der Waals surface area (Å²) in [6.45, 7) is 8.49. The third kappa shape index (κ3) is 5.61. The maximum atomic E-state index is 2.27. The molecule has 0 aliphatic carbocycles. The summed E-state index contributed by atoms with van der Waals surface area (Å²) in [5.74, 6) is 0. The Morgan fingerprint density at radius 3 is 2.00 bits per heavy atom. The molecular weight excluding hydrogens is 180 g/mol. The van der Waals surface area contributed by atoms with E-state index in [0.29, 0.717) is 0 Å². The van der Waals surface area contributed by atoms with Crippen LogP contribution in [0.4, 0.5) is 0 Å². The molecule has 1 rings (SSSR count). The summed E-state index contributed by atoms with van der Waals surface area (Å²) in [4.78, 5) is 0. The second-order valence-electron chi connectivity index (χ2n) is 3.58. The smallest absolute Gasteiger partial charge is 0.0276 e. The van der Waals surface area contributed by atoms with Gasteiger partial charge in [0.25, 0.3) is 0 Å². The SMILES string of the molecule is CC.CCCCCc1ccccc1CC. The molecule has 0 bridgehead atoms. The first-order valence-electron chi connectivity index (χ1n) is 6.45. The Kier molecular flexibility index (Phi) is 9.26. The van der Waals surface area contributed by atoms with Crippen LogP contribution in [0.2, 0.25) is 0 Å². The molecular formula is C15H26. The van der Waals surface area contributed by atoms with Gasteiger partial charge in [-0.2, -0.15) is 0 Å². The highest BCUT2D eigenvalue weighted by molar-refractivity contribution is 5.26. The van der Waals surface area contributed by atoms with E-state index in [1.54, 1.807) is 5.56 Å². The van der Waals surface area contributed by atoms with Crippen LogP contribution in [0, 0.1) is 0 Å². The minimum atomic E-state index is 1.17. The Hall–Kier alpha value is -0.780. The maximum absolute atomic E-state index is 2.27. The molecule has 0 N–H and O–H groups in total. The zero-order valence-electron chi connectivity index (χ0n) is 10.8. The fourth-order valence-electron chi connectivity index (χ4n) is 1.71. The van der Waals surface area contributed by atoms with Gasteiger partial charge in [0.1, 0.15) is 0 Å². The summed E-state index contributed by atoms with van der Waals surface area (Å²) in [6, 6.07) is 8.82. The van der Waals surface area contributed by atoms with E-state index in [1.165, 1.54) is 37.7 Å². The Morgan fingerprint density at radius 2 is 1.47 bits per heavy atom. The lowest BCUT2D eigenvalue weighted by Gasteiger charge is -2.06. The van der Waals surface area contributed by atoms with Crippen LogP contribution in [0.15, 0.2) is 24.3 Å². The highest BCUT2D eigenvalue weighted by atomic mass is 14.0. The van der Waals surface area contributed by atoms with Gasteiger partial charge in [-0.15, -0.1) is 0 Å². The average molecular weight is 206 g/mol. The summed E-state index contributed by atoms with van der Waals surface area (Å²) < 4.78 is 0. The molecule has 1 aromatic rings. The molecule has 0 aromatic heterocycles. The fraction of sp³-hybridized carbons (Fsp3) is 0.600. The van der Waals surface area contributed by atoms with Gasteiger partial charge < -0.3 is 0 Å². The van der Waals surface area contributed by atoms with Gasteiger partial charge in [-0.3, -0.25) is 0 Å². The van der Waals surface area contributed by atoms with Gasteiger partial charge in [0.05, 0.1) is 0 Å². The van der Waals surface area contributed by atoms with Gasteiger partial charge in [0, 0.05) is 0 Å². The molecule has 86 valence electrons. The molecule has 0 saturated heterocycles. The predicted molar refractivity (Wildman–Crippen MR) is 70.4 cm³/mol.